The second-order valence-electron chi connectivity index (χ2n) is 6.22. The van der Waals surface area contributed by atoms with E-state index in [1.54, 1.807) is 24.3 Å². The summed E-state index contributed by atoms with van der Waals surface area (Å²) in [5, 5.41) is 2.64. The molecule has 0 saturated heterocycles. The number of carbonyl (C=O) groups is 3. The Morgan fingerprint density at radius 3 is 2.17 bits per heavy atom. The van der Waals surface area contributed by atoms with E-state index in [4.69, 9.17) is 0 Å². The lowest BCUT2D eigenvalue weighted by atomic mass is 10.1. The molecule has 3 rings (SSSR count). The number of carbonyl (C=O) groups excluding carboxylic acids is 3. The first-order valence-electron chi connectivity index (χ1n) is 8.74. The molecule has 1 aliphatic rings. The van der Waals surface area contributed by atoms with E-state index in [0.29, 0.717) is 11.4 Å². The number of nitrogens with zero attached hydrogens (tertiary/aromatic N) is 1. The summed E-state index contributed by atoms with van der Waals surface area (Å²) in [6.45, 7) is -2.94. The zero-order chi connectivity index (χ0) is 21.0. The van der Waals surface area contributed by atoms with Crippen molar-refractivity contribution in [3.8, 4) is 5.75 Å². The van der Waals surface area contributed by atoms with Crippen molar-refractivity contribution in [3.05, 3.63) is 59.7 Å². The quantitative estimate of drug-likeness (QED) is 0.660. The fourth-order valence-corrected chi connectivity index (χ4v) is 3.50. The van der Waals surface area contributed by atoms with Crippen LogP contribution in [0.2, 0.25) is 0 Å². The number of fused-ring (bicyclic) bond motifs is 1. The monoisotopic (exact) mass is 420 g/mol. The number of hydrogen-bond donors (Lipinski definition) is 1. The maximum absolute atomic E-state index is 12.9. The fourth-order valence-electron chi connectivity index (χ4n) is 3.04. The van der Waals surface area contributed by atoms with Gasteiger partial charge < -0.3 is 10.1 Å². The minimum Gasteiger partial charge on any atom is -0.435 e. The molecule has 0 fully saturated rings. The fraction of sp³-hybridized carbons (Fsp3) is 0.250. The molecule has 0 aromatic heterocycles. The maximum Gasteiger partial charge on any atom is 0.387 e. The normalized spacial score (nSPS) is 14.1. The first-order valence-corrected chi connectivity index (χ1v) is 10.1. The van der Waals surface area contributed by atoms with Gasteiger partial charge in [-0.2, -0.15) is 20.5 Å². The van der Waals surface area contributed by atoms with Gasteiger partial charge in [0.15, 0.2) is 0 Å². The first kappa shape index (κ1) is 20.8. The smallest absolute Gasteiger partial charge is 0.387 e. The van der Waals surface area contributed by atoms with E-state index in [0.717, 1.165) is 4.90 Å². The Balaban J connectivity index is 1.79. The van der Waals surface area contributed by atoms with Gasteiger partial charge in [-0.15, -0.1) is 0 Å². The molecule has 2 aromatic rings. The predicted octanol–water partition coefficient (Wildman–Crippen LogP) is 3.64. The number of ether oxygens (including phenoxy) is 1. The summed E-state index contributed by atoms with van der Waals surface area (Å²) in [4.78, 5) is 39.4. The summed E-state index contributed by atoms with van der Waals surface area (Å²) in [5.74, 6) is -1.03. The van der Waals surface area contributed by atoms with Crippen LogP contribution in [0.5, 0.6) is 5.75 Å². The Labute approximate surface area is 170 Å². The highest BCUT2D eigenvalue weighted by Gasteiger charge is 2.42. The van der Waals surface area contributed by atoms with E-state index >= 15 is 0 Å². The average molecular weight is 420 g/mol. The van der Waals surface area contributed by atoms with Gasteiger partial charge in [0.25, 0.3) is 11.8 Å². The Hall–Kier alpha value is -2.94. The van der Waals surface area contributed by atoms with Crippen LogP contribution in [-0.2, 0) is 4.79 Å². The largest absolute Gasteiger partial charge is 0.435 e. The number of halogens is 2. The third-order valence-electron chi connectivity index (χ3n) is 4.38. The van der Waals surface area contributed by atoms with E-state index in [2.05, 4.69) is 10.1 Å². The molecule has 2 aromatic carbocycles. The molecule has 0 unspecified atom stereocenters. The lowest BCUT2D eigenvalue weighted by Gasteiger charge is -2.25. The minimum atomic E-state index is -2.94. The van der Waals surface area contributed by atoms with Crippen LogP contribution in [0.3, 0.4) is 0 Å². The Kier molecular flexibility index (Phi) is 6.48. The molecule has 29 heavy (non-hydrogen) atoms. The molecule has 0 aliphatic carbocycles. The summed E-state index contributed by atoms with van der Waals surface area (Å²) in [7, 11) is 0. The molecule has 0 spiro atoms. The molecular weight excluding hydrogens is 402 g/mol. The van der Waals surface area contributed by atoms with Gasteiger partial charge in [-0.05, 0) is 54.8 Å². The lowest BCUT2D eigenvalue weighted by Crippen LogP contribution is -2.47. The molecule has 1 atom stereocenters. The number of thioether (sulfide) groups is 1. The Bertz CT molecular complexity index is 886. The molecule has 1 N–H and O–H groups in total. The number of imide groups is 1. The molecule has 9 heteroatoms. The Morgan fingerprint density at radius 1 is 1.07 bits per heavy atom. The molecule has 152 valence electrons. The van der Waals surface area contributed by atoms with Crippen molar-refractivity contribution in [2.75, 3.05) is 17.3 Å². The summed E-state index contributed by atoms with van der Waals surface area (Å²) in [6.07, 6.45) is 2.14. The van der Waals surface area contributed by atoms with Crippen LogP contribution >= 0.6 is 11.8 Å². The highest BCUT2D eigenvalue weighted by Crippen LogP contribution is 2.27. The van der Waals surface area contributed by atoms with Crippen molar-refractivity contribution in [2.24, 2.45) is 0 Å². The average Bonchev–Trinajstić information content (AvgIpc) is 2.95. The van der Waals surface area contributed by atoms with Crippen molar-refractivity contribution < 1.29 is 27.9 Å². The van der Waals surface area contributed by atoms with Crippen LogP contribution in [0, 0.1) is 0 Å². The second kappa shape index (κ2) is 9.04. The van der Waals surface area contributed by atoms with Crippen LogP contribution in [0.15, 0.2) is 48.5 Å². The summed E-state index contributed by atoms with van der Waals surface area (Å²) < 4.78 is 28.8. The Morgan fingerprint density at radius 2 is 1.66 bits per heavy atom. The van der Waals surface area contributed by atoms with E-state index < -0.39 is 30.4 Å². The number of benzene rings is 2. The van der Waals surface area contributed by atoms with Crippen LogP contribution in [0.25, 0.3) is 0 Å². The van der Waals surface area contributed by atoms with Crippen molar-refractivity contribution in [1.82, 2.24) is 4.90 Å². The topological polar surface area (TPSA) is 75.7 Å². The number of hydrogen-bond acceptors (Lipinski definition) is 5. The van der Waals surface area contributed by atoms with Gasteiger partial charge >= 0.3 is 6.61 Å². The van der Waals surface area contributed by atoms with Crippen LogP contribution in [-0.4, -0.2) is 47.3 Å². The number of alkyl halides is 2. The van der Waals surface area contributed by atoms with Crippen LogP contribution in [0.1, 0.15) is 27.1 Å². The van der Waals surface area contributed by atoms with Crippen LogP contribution in [0.4, 0.5) is 14.5 Å². The number of amides is 3. The second-order valence-corrected chi connectivity index (χ2v) is 7.20. The zero-order valence-electron chi connectivity index (χ0n) is 15.4. The number of rotatable bonds is 8. The summed E-state index contributed by atoms with van der Waals surface area (Å²) in [6, 6.07) is 10.8. The standard InChI is InChI=1S/C20H18F2N2O4S/c1-29-11-10-16(24-18(26)14-4-2-3-5-15(14)19(24)27)17(25)23-12-6-8-13(9-7-12)28-20(21)22/h2-9,16,20H,10-11H2,1H3,(H,23,25)/t16-/m1/s1. The molecule has 1 aliphatic heterocycles. The van der Waals surface area contributed by atoms with E-state index in [1.807, 2.05) is 6.26 Å². The van der Waals surface area contributed by atoms with Crippen molar-refractivity contribution in [1.29, 1.82) is 0 Å². The van der Waals surface area contributed by atoms with Gasteiger partial charge in [-0.3, -0.25) is 19.3 Å². The van der Waals surface area contributed by atoms with Gasteiger partial charge in [-0.1, -0.05) is 12.1 Å². The van der Waals surface area contributed by atoms with Crippen molar-refractivity contribution in [3.63, 3.8) is 0 Å². The molecule has 0 saturated carbocycles. The van der Waals surface area contributed by atoms with Gasteiger partial charge in [0.2, 0.25) is 5.91 Å². The maximum atomic E-state index is 12.9. The third-order valence-corrected chi connectivity index (χ3v) is 5.03. The van der Waals surface area contributed by atoms with E-state index in [9.17, 15) is 23.2 Å². The highest BCUT2D eigenvalue weighted by molar-refractivity contribution is 7.98. The van der Waals surface area contributed by atoms with Gasteiger partial charge in [0.05, 0.1) is 11.1 Å². The minimum absolute atomic E-state index is 0.0442. The molecule has 0 bridgehead atoms. The molecular formula is C20H18F2N2O4S. The first-order chi connectivity index (χ1) is 13.9. The number of nitrogens with one attached hydrogen (secondary N) is 1. The summed E-state index contributed by atoms with van der Waals surface area (Å²) in [5.41, 5.74) is 0.878. The van der Waals surface area contributed by atoms with Crippen LogP contribution < -0.4 is 10.1 Å². The predicted molar refractivity (Wildman–Crippen MR) is 105 cm³/mol. The van der Waals surface area contributed by atoms with Gasteiger partial charge in [0, 0.05) is 5.69 Å². The SMILES string of the molecule is CSCC[C@H](C(=O)Nc1ccc(OC(F)F)cc1)N1C(=O)c2ccccc2C1=O. The molecule has 6 nitrogen and oxygen atoms in total. The van der Waals surface area contributed by atoms with E-state index in [-0.39, 0.29) is 23.3 Å². The molecule has 3 amide bonds. The third kappa shape index (κ3) is 4.56. The molecule has 1 heterocycles. The number of anilines is 1. The van der Waals surface area contributed by atoms with Gasteiger partial charge in [-0.25, -0.2) is 0 Å². The summed E-state index contributed by atoms with van der Waals surface area (Å²) >= 11 is 1.49. The lowest BCUT2D eigenvalue weighted by molar-refractivity contribution is -0.120. The highest BCUT2D eigenvalue weighted by atomic mass is 32.2. The van der Waals surface area contributed by atoms with Gasteiger partial charge in [0.1, 0.15) is 11.8 Å². The zero-order valence-corrected chi connectivity index (χ0v) is 16.2. The van der Waals surface area contributed by atoms with Crippen molar-refractivity contribution in [2.45, 2.75) is 19.1 Å². The van der Waals surface area contributed by atoms with E-state index in [1.165, 1.54) is 36.0 Å². The molecule has 0 radical (unpaired) electrons. The van der Waals surface area contributed by atoms with Crippen molar-refractivity contribution >= 4 is 35.2 Å².